The summed E-state index contributed by atoms with van der Waals surface area (Å²) in [4.78, 5) is 41.7. The van der Waals surface area contributed by atoms with Crippen molar-refractivity contribution >= 4 is 64.7 Å². The molecule has 6 bridgehead atoms. The molecule has 4 heterocycles. The average Bonchev–Trinajstić information content (AvgIpc) is 3.62. The molecule has 0 N–H and O–H groups in total. The van der Waals surface area contributed by atoms with Crippen LogP contribution in [0.4, 0.5) is 0 Å². The number of methoxy groups -OCH3 is 1. The number of allylic oxidation sites excluding steroid dienone is 2. The first-order chi connectivity index (χ1) is 19.6. The number of ether oxygens (including phenoxy) is 1. The Morgan fingerprint density at radius 3 is 2.36 bits per heavy atom. The predicted molar refractivity (Wildman–Crippen MR) is 170 cm³/mol. The Labute approximate surface area is 264 Å². The monoisotopic (exact) mass is 572 g/mol. The van der Waals surface area contributed by atoms with Crippen molar-refractivity contribution in [3.8, 4) is 0 Å². The topological polar surface area (TPSA) is 85.7 Å². The number of aromatic nitrogens is 3. The van der Waals surface area contributed by atoms with Crippen LogP contribution in [0.1, 0.15) is 94.6 Å². The van der Waals surface area contributed by atoms with E-state index in [-0.39, 0.29) is 40.7 Å². The molecule has 3 atom stereocenters. The first kappa shape index (κ1) is 31.6. The van der Waals surface area contributed by atoms with Gasteiger partial charge in [-0.1, -0.05) is 92.5 Å². The Morgan fingerprint density at radius 2 is 1.71 bits per heavy atom. The summed E-state index contributed by atoms with van der Waals surface area (Å²) in [6.45, 7) is 16.6. The van der Waals surface area contributed by atoms with Gasteiger partial charge in [-0.2, -0.15) is 0 Å². The quantitative estimate of drug-likeness (QED) is 0.256. The smallest absolute Gasteiger partial charge is 0.657 e. The molecule has 3 aromatic heterocycles. The van der Waals surface area contributed by atoms with Crippen LogP contribution in [0.2, 0.25) is 0 Å². The number of nitrogens with zero attached hydrogens (tertiary/aromatic N) is 3. The Bertz CT molecular complexity index is 1740. The van der Waals surface area contributed by atoms with Crippen molar-refractivity contribution in [1.82, 2.24) is 15.0 Å². The van der Waals surface area contributed by atoms with Gasteiger partial charge in [0, 0.05) is 5.56 Å². The number of Topliss-reactive ketones (excluding diaryl/α,β-unsaturated/α-hetero) is 1. The van der Waals surface area contributed by atoms with Crippen molar-refractivity contribution in [1.29, 1.82) is 0 Å². The van der Waals surface area contributed by atoms with Crippen LogP contribution in [0, 0.1) is 38.5 Å². The number of rotatable bonds is 5. The van der Waals surface area contributed by atoms with Crippen molar-refractivity contribution in [2.75, 3.05) is 7.11 Å². The standard InChI is InChI=1S/C35H39N3O3.Mg/c1-9-12-22-15-25-32(35(40)41-8)34(39)31-21(7)28(38-33(25)31)17-30-24(11-3)20(6)27(37-30)16-29-23(10-2)19(5)26(36-29)14-13-18(22)4;/h10,13-18,22,32H,2,9,11-12H2,1,3-8H3,(H,38,39);/q-2;+2/p-1/b14-13+,25-15+,27-16-,30-17-;/t18-,22-,32-;/m1./s1. The van der Waals surface area contributed by atoms with Crippen molar-refractivity contribution < 1.29 is 14.3 Å². The summed E-state index contributed by atoms with van der Waals surface area (Å²) >= 11 is 0. The maximum atomic E-state index is 13.7. The van der Waals surface area contributed by atoms with Gasteiger partial charge in [-0.15, -0.1) is 33.5 Å². The van der Waals surface area contributed by atoms with Gasteiger partial charge in [0.2, 0.25) is 0 Å². The molecule has 0 saturated carbocycles. The van der Waals surface area contributed by atoms with Gasteiger partial charge in [-0.25, -0.2) is 0 Å². The molecule has 0 spiro atoms. The maximum Gasteiger partial charge on any atom is 2.00 e. The zero-order chi connectivity index (χ0) is 29.6. The number of hydrogen-bond donors (Lipinski definition) is 0. The van der Waals surface area contributed by atoms with Crippen LogP contribution >= 0.6 is 0 Å². The maximum absolute atomic E-state index is 13.7. The van der Waals surface area contributed by atoms with Crippen molar-refractivity contribution in [2.45, 2.75) is 60.8 Å². The molecule has 2 aliphatic rings. The van der Waals surface area contributed by atoms with Gasteiger partial charge in [0.1, 0.15) is 5.92 Å². The van der Waals surface area contributed by atoms with E-state index in [4.69, 9.17) is 19.7 Å². The summed E-state index contributed by atoms with van der Waals surface area (Å²) in [6, 6.07) is 0. The van der Waals surface area contributed by atoms with Crippen LogP contribution in [0.3, 0.4) is 0 Å². The van der Waals surface area contributed by atoms with E-state index < -0.39 is 11.9 Å². The molecule has 214 valence electrons. The van der Waals surface area contributed by atoms with E-state index in [0.29, 0.717) is 22.5 Å². The SMILES string of the molecule is C=Cc1c2[n-]c(c1C)/C=C/[C@@H](C)[C@H](CCC)/C=C1/c3[n-]c(c(C)c3C(=O)[C@@H]1C(=O)OC)/C=c1\[n-]/c(c(C)c1CC)=C\2.[Mg+2]. The van der Waals surface area contributed by atoms with Crippen LogP contribution in [-0.4, -0.2) is 41.9 Å². The molecular formula is C35H38MgN3O3-. The third kappa shape index (κ3) is 5.22. The zero-order valence-corrected chi connectivity index (χ0v) is 27.2. The second-order valence-corrected chi connectivity index (χ2v) is 11.2. The normalized spacial score (nSPS) is 23.0. The van der Waals surface area contributed by atoms with Gasteiger partial charge in [-0.3, -0.25) is 9.59 Å². The number of esters is 1. The predicted octanol–water partition coefficient (Wildman–Crippen LogP) is 4.41. The van der Waals surface area contributed by atoms with E-state index >= 15 is 0 Å². The van der Waals surface area contributed by atoms with Crippen LogP contribution in [0.15, 0.2) is 18.7 Å². The summed E-state index contributed by atoms with van der Waals surface area (Å²) < 4.78 is 5.11. The largest absolute Gasteiger partial charge is 2.00 e. The van der Waals surface area contributed by atoms with E-state index in [9.17, 15) is 9.59 Å². The molecule has 0 aromatic carbocycles. The Morgan fingerprint density at radius 1 is 1.00 bits per heavy atom. The van der Waals surface area contributed by atoms with E-state index in [0.717, 1.165) is 69.2 Å². The van der Waals surface area contributed by atoms with Gasteiger partial charge in [-0.05, 0) is 56.6 Å². The molecular weight excluding hydrogens is 535 g/mol. The number of fused-ring (bicyclic) bond motifs is 5. The Balaban J connectivity index is 0.00000405. The molecule has 42 heavy (non-hydrogen) atoms. The molecule has 1 aliphatic heterocycles. The van der Waals surface area contributed by atoms with Crippen molar-refractivity contribution in [3.05, 3.63) is 85.6 Å². The van der Waals surface area contributed by atoms with Gasteiger partial charge in [0.25, 0.3) is 0 Å². The van der Waals surface area contributed by atoms with E-state index in [2.05, 4.69) is 59.4 Å². The molecule has 7 heteroatoms. The minimum Gasteiger partial charge on any atom is -0.657 e. The van der Waals surface area contributed by atoms with E-state index in [1.165, 1.54) is 7.11 Å². The first-order valence-corrected chi connectivity index (χ1v) is 14.5. The first-order valence-electron chi connectivity index (χ1n) is 14.5. The summed E-state index contributed by atoms with van der Waals surface area (Å²) in [6.07, 6.45) is 14.9. The molecule has 5 rings (SSSR count). The zero-order valence-electron chi connectivity index (χ0n) is 25.8. The molecule has 6 nitrogen and oxygen atoms in total. The van der Waals surface area contributed by atoms with Gasteiger partial charge < -0.3 is 19.7 Å². The Hall–Kier alpha value is -3.29. The number of carbonyl (C=O) groups is 2. The number of ketones is 1. The molecule has 0 amide bonds. The summed E-state index contributed by atoms with van der Waals surface area (Å²) in [5.74, 6) is -1.56. The molecule has 0 fully saturated rings. The van der Waals surface area contributed by atoms with Crippen molar-refractivity contribution in [3.63, 3.8) is 0 Å². The van der Waals surface area contributed by atoms with E-state index in [1.807, 2.05) is 25.2 Å². The second-order valence-electron chi connectivity index (χ2n) is 11.2. The average molecular weight is 573 g/mol. The fourth-order valence-corrected chi connectivity index (χ4v) is 6.34. The minimum absolute atomic E-state index is 0. The van der Waals surface area contributed by atoms with Crippen LogP contribution in [0.25, 0.3) is 29.9 Å². The van der Waals surface area contributed by atoms with E-state index in [1.54, 1.807) is 0 Å². The molecule has 0 unspecified atom stereocenters. The fraction of sp³-hybridized carbons (Fsp3) is 0.371. The van der Waals surface area contributed by atoms with Crippen molar-refractivity contribution in [2.24, 2.45) is 17.8 Å². The number of hydrogen-bond acceptors (Lipinski definition) is 3. The summed E-state index contributed by atoms with van der Waals surface area (Å²) in [5.41, 5.74) is 9.31. The van der Waals surface area contributed by atoms with Gasteiger partial charge in [0.05, 0.1) is 7.11 Å². The second kappa shape index (κ2) is 12.5. The third-order valence-corrected chi connectivity index (χ3v) is 8.80. The van der Waals surface area contributed by atoms with Gasteiger partial charge >= 0.3 is 29.0 Å². The third-order valence-electron chi connectivity index (χ3n) is 8.80. The van der Waals surface area contributed by atoms with Crippen LogP contribution < -0.4 is 25.7 Å². The Kier molecular flexibility index (Phi) is 9.43. The minimum atomic E-state index is -0.994. The summed E-state index contributed by atoms with van der Waals surface area (Å²) in [7, 11) is 1.33. The van der Waals surface area contributed by atoms with Gasteiger partial charge in [0.15, 0.2) is 5.78 Å². The molecule has 0 radical (unpaired) electrons. The van der Waals surface area contributed by atoms with Crippen LogP contribution in [-0.2, 0) is 16.0 Å². The molecule has 3 aromatic rings. The summed E-state index contributed by atoms with van der Waals surface area (Å²) in [5, 5.41) is 1.70. The molecule has 0 saturated heterocycles. The number of carbonyl (C=O) groups excluding carboxylic acids is 2. The molecule has 1 aliphatic carbocycles. The van der Waals surface area contributed by atoms with Crippen LogP contribution in [0.5, 0.6) is 0 Å². The fourth-order valence-electron chi connectivity index (χ4n) is 6.34.